The molecule has 1 aliphatic rings. The molecule has 1 amide bonds. The van der Waals surface area contributed by atoms with Gasteiger partial charge in [0.15, 0.2) is 0 Å². The second-order valence-electron chi connectivity index (χ2n) is 8.35. The molecular formula is C24H32N2O3S. The lowest BCUT2D eigenvalue weighted by Gasteiger charge is -2.21. The number of nitrogens with one attached hydrogen (secondary N) is 1. The molecule has 1 aliphatic heterocycles. The summed E-state index contributed by atoms with van der Waals surface area (Å²) < 4.78 is 27.9. The van der Waals surface area contributed by atoms with E-state index >= 15 is 0 Å². The van der Waals surface area contributed by atoms with E-state index in [1.807, 2.05) is 33.8 Å². The smallest absolute Gasteiger partial charge is 0.252 e. The predicted molar refractivity (Wildman–Crippen MR) is 120 cm³/mol. The fourth-order valence-corrected chi connectivity index (χ4v) is 5.56. The second kappa shape index (κ2) is 9.31. The van der Waals surface area contributed by atoms with Crippen LogP contribution in [-0.4, -0.2) is 31.7 Å². The van der Waals surface area contributed by atoms with E-state index in [0.717, 1.165) is 47.9 Å². The molecule has 1 saturated heterocycles. The SMILES string of the molecule is Cc1ccc(C)c(C(C)NC(=O)c2cc(S(=O)(=O)N3CCCCCC3)ccc2C)c1. The number of nitrogens with zero attached hydrogens (tertiary/aromatic N) is 1. The molecule has 1 N–H and O–H groups in total. The molecule has 162 valence electrons. The van der Waals surface area contributed by atoms with E-state index in [1.165, 1.54) is 6.07 Å². The third-order valence-electron chi connectivity index (χ3n) is 5.91. The number of rotatable bonds is 5. The molecule has 1 unspecified atom stereocenters. The summed E-state index contributed by atoms with van der Waals surface area (Å²) in [6, 6.07) is 10.9. The molecule has 5 nitrogen and oxygen atoms in total. The lowest BCUT2D eigenvalue weighted by atomic mass is 9.99. The van der Waals surface area contributed by atoms with E-state index in [9.17, 15) is 13.2 Å². The van der Waals surface area contributed by atoms with Gasteiger partial charge in [-0.25, -0.2) is 8.42 Å². The van der Waals surface area contributed by atoms with Gasteiger partial charge in [-0.2, -0.15) is 4.31 Å². The van der Waals surface area contributed by atoms with Gasteiger partial charge in [0.05, 0.1) is 10.9 Å². The molecule has 0 saturated carbocycles. The maximum atomic E-state index is 13.1. The fraction of sp³-hybridized carbons (Fsp3) is 0.458. The molecule has 0 aromatic heterocycles. The normalized spacial score (nSPS) is 16.7. The monoisotopic (exact) mass is 428 g/mol. The first-order valence-electron chi connectivity index (χ1n) is 10.7. The van der Waals surface area contributed by atoms with E-state index in [1.54, 1.807) is 16.4 Å². The summed E-state index contributed by atoms with van der Waals surface area (Å²) in [5.41, 5.74) is 4.48. The molecule has 6 heteroatoms. The van der Waals surface area contributed by atoms with Crippen molar-refractivity contribution in [1.29, 1.82) is 0 Å². The van der Waals surface area contributed by atoms with Crippen LogP contribution in [0.1, 0.15) is 71.3 Å². The van der Waals surface area contributed by atoms with E-state index in [2.05, 4.69) is 17.4 Å². The molecule has 1 heterocycles. The highest BCUT2D eigenvalue weighted by Gasteiger charge is 2.26. The zero-order valence-corrected chi connectivity index (χ0v) is 19.2. The fourth-order valence-electron chi connectivity index (χ4n) is 4.02. The third-order valence-corrected chi connectivity index (χ3v) is 7.80. The van der Waals surface area contributed by atoms with Crippen LogP contribution in [0.2, 0.25) is 0 Å². The maximum absolute atomic E-state index is 13.1. The lowest BCUT2D eigenvalue weighted by molar-refractivity contribution is 0.0939. The van der Waals surface area contributed by atoms with Crippen molar-refractivity contribution in [1.82, 2.24) is 9.62 Å². The molecule has 2 aromatic rings. The second-order valence-corrected chi connectivity index (χ2v) is 10.3. The molecular weight excluding hydrogens is 396 g/mol. The van der Waals surface area contributed by atoms with Crippen LogP contribution in [0.3, 0.4) is 0 Å². The number of sulfonamides is 1. The zero-order valence-electron chi connectivity index (χ0n) is 18.4. The Balaban J connectivity index is 1.85. The number of amides is 1. The number of aryl methyl sites for hydroxylation is 3. The highest BCUT2D eigenvalue weighted by Crippen LogP contribution is 2.24. The van der Waals surface area contributed by atoms with Gasteiger partial charge in [-0.15, -0.1) is 0 Å². The van der Waals surface area contributed by atoms with Gasteiger partial charge in [0.2, 0.25) is 10.0 Å². The van der Waals surface area contributed by atoms with Crippen LogP contribution in [0.15, 0.2) is 41.3 Å². The van der Waals surface area contributed by atoms with E-state index in [4.69, 9.17) is 0 Å². The first kappa shape index (κ1) is 22.5. The topological polar surface area (TPSA) is 66.5 Å². The van der Waals surface area contributed by atoms with E-state index < -0.39 is 10.0 Å². The lowest BCUT2D eigenvalue weighted by Crippen LogP contribution is -2.32. The third kappa shape index (κ3) is 4.93. The average Bonchev–Trinajstić information content (AvgIpc) is 3.00. The molecule has 0 bridgehead atoms. The molecule has 3 rings (SSSR count). The van der Waals surface area contributed by atoms with Crippen molar-refractivity contribution in [2.75, 3.05) is 13.1 Å². The summed E-state index contributed by atoms with van der Waals surface area (Å²) in [4.78, 5) is 13.2. The first-order chi connectivity index (χ1) is 14.2. The van der Waals surface area contributed by atoms with Gasteiger partial charge < -0.3 is 5.32 Å². The summed E-state index contributed by atoms with van der Waals surface area (Å²) in [5.74, 6) is -0.256. The Kier molecular flexibility index (Phi) is 6.98. The van der Waals surface area contributed by atoms with Gasteiger partial charge in [0, 0.05) is 18.7 Å². The number of benzene rings is 2. The Morgan fingerprint density at radius 2 is 1.57 bits per heavy atom. The number of hydrogen-bond acceptors (Lipinski definition) is 3. The van der Waals surface area contributed by atoms with Gasteiger partial charge in [-0.05, 0) is 69.4 Å². The average molecular weight is 429 g/mol. The molecule has 0 aliphatic carbocycles. The van der Waals surface area contributed by atoms with Crippen LogP contribution in [0.25, 0.3) is 0 Å². The summed E-state index contributed by atoms with van der Waals surface area (Å²) in [5, 5.41) is 3.04. The van der Waals surface area contributed by atoms with Gasteiger partial charge in [-0.3, -0.25) is 4.79 Å². The van der Waals surface area contributed by atoms with E-state index in [0.29, 0.717) is 18.7 Å². The van der Waals surface area contributed by atoms with Gasteiger partial charge in [-0.1, -0.05) is 42.7 Å². The zero-order chi connectivity index (χ0) is 21.9. The van der Waals surface area contributed by atoms with Crippen molar-refractivity contribution in [2.45, 2.75) is 64.3 Å². The Hall–Kier alpha value is -2.18. The Bertz CT molecular complexity index is 1020. The number of hydrogen-bond donors (Lipinski definition) is 1. The van der Waals surface area contributed by atoms with Crippen LogP contribution in [0.4, 0.5) is 0 Å². The summed E-state index contributed by atoms with van der Waals surface area (Å²) in [7, 11) is -3.60. The van der Waals surface area contributed by atoms with E-state index in [-0.39, 0.29) is 16.8 Å². The van der Waals surface area contributed by atoms with Crippen LogP contribution in [0, 0.1) is 20.8 Å². The minimum atomic E-state index is -3.60. The molecule has 0 radical (unpaired) electrons. The largest absolute Gasteiger partial charge is 0.345 e. The minimum absolute atomic E-state index is 0.178. The van der Waals surface area contributed by atoms with Crippen LogP contribution >= 0.6 is 0 Å². The highest BCUT2D eigenvalue weighted by atomic mass is 32.2. The molecule has 1 atom stereocenters. The predicted octanol–water partition coefficient (Wildman–Crippen LogP) is 4.67. The highest BCUT2D eigenvalue weighted by molar-refractivity contribution is 7.89. The molecule has 1 fully saturated rings. The van der Waals surface area contributed by atoms with Crippen molar-refractivity contribution < 1.29 is 13.2 Å². The van der Waals surface area contributed by atoms with Crippen molar-refractivity contribution in [3.8, 4) is 0 Å². The van der Waals surface area contributed by atoms with Gasteiger partial charge in [0.1, 0.15) is 0 Å². The van der Waals surface area contributed by atoms with Crippen molar-refractivity contribution >= 4 is 15.9 Å². The summed E-state index contributed by atoms with van der Waals surface area (Å²) in [6.45, 7) is 8.92. The standard InChI is InChI=1S/C24H32N2O3S/c1-17-9-10-18(2)22(15-17)20(4)25-24(27)23-16-21(12-11-19(23)3)30(28,29)26-13-7-5-6-8-14-26/h9-12,15-16,20H,5-8,13-14H2,1-4H3,(H,25,27). The Labute approximate surface area is 180 Å². The first-order valence-corrected chi connectivity index (χ1v) is 12.1. The molecule has 0 spiro atoms. The molecule has 30 heavy (non-hydrogen) atoms. The van der Waals surface area contributed by atoms with Crippen LogP contribution < -0.4 is 5.32 Å². The number of carbonyl (C=O) groups excluding carboxylic acids is 1. The Morgan fingerprint density at radius 3 is 2.23 bits per heavy atom. The van der Waals surface area contributed by atoms with Crippen LogP contribution in [0.5, 0.6) is 0 Å². The van der Waals surface area contributed by atoms with Crippen LogP contribution in [-0.2, 0) is 10.0 Å². The minimum Gasteiger partial charge on any atom is -0.345 e. The summed E-state index contributed by atoms with van der Waals surface area (Å²) in [6.07, 6.45) is 3.88. The number of carbonyl (C=O) groups is 1. The Morgan fingerprint density at radius 1 is 0.933 bits per heavy atom. The van der Waals surface area contributed by atoms with Crippen molar-refractivity contribution in [3.05, 3.63) is 64.2 Å². The maximum Gasteiger partial charge on any atom is 0.252 e. The quantitative estimate of drug-likeness (QED) is 0.753. The van der Waals surface area contributed by atoms with Crippen molar-refractivity contribution in [2.24, 2.45) is 0 Å². The van der Waals surface area contributed by atoms with Gasteiger partial charge in [0.25, 0.3) is 5.91 Å². The molecule has 2 aromatic carbocycles. The van der Waals surface area contributed by atoms with Gasteiger partial charge >= 0.3 is 0 Å². The van der Waals surface area contributed by atoms with Crippen molar-refractivity contribution in [3.63, 3.8) is 0 Å². The summed E-state index contributed by atoms with van der Waals surface area (Å²) >= 11 is 0.